The molecule has 0 aromatic carbocycles. The van der Waals surface area contributed by atoms with Crippen LogP contribution in [-0.4, -0.2) is 72.0 Å². The van der Waals surface area contributed by atoms with Gasteiger partial charge in [0.15, 0.2) is 11.6 Å². The number of piperazine rings is 1. The summed E-state index contributed by atoms with van der Waals surface area (Å²) < 4.78 is 1.70. The van der Waals surface area contributed by atoms with Gasteiger partial charge in [-0.2, -0.15) is 15.2 Å². The molecule has 0 radical (unpaired) electrons. The van der Waals surface area contributed by atoms with Crippen LogP contribution in [0.15, 0.2) is 48.9 Å². The first-order valence-electron chi connectivity index (χ1n) is 11.9. The van der Waals surface area contributed by atoms with Crippen LogP contribution in [-0.2, 0) is 0 Å². The monoisotopic (exact) mass is 487 g/mol. The summed E-state index contributed by atoms with van der Waals surface area (Å²) in [6.07, 6.45) is 5.32. The first kappa shape index (κ1) is 23.3. The van der Waals surface area contributed by atoms with Gasteiger partial charge in [0.25, 0.3) is 0 Å². The number of carbonyl (C=O) groups is 1. The quantitative estimate of drug-likeness (QED) is 0.378. The van der Waals surface area contributed by atoms with Crippen LogP contribution in [0.25, 0.3) is 5.82 Å². The van der Waals surface area contributed by atoms with Crippen LogP contribution >= 0.6 is 0 Å². The first-order chi connectivity index (χ1) is 17.4. The van der Waals surface area contributed by atoms with Crippen molar-refractivity contribution in [3.63, 3.8) is 0 Å². The van der Waals surface area contributed by atoms with Crippen LogP contribution in [0, 0.1) is 13.8 Å². The number of H-pyrrole nitrogens is 1. The van der Waals surface area contributed by atoms with Crippen LogP contribution < -0.4 is 15.5 Å². The maximum Gasteiger partial charge on any atom is 0.317 e. The number of aryl methyl sites for hydroxylation is 2. The average Bonchev–Trinajstić information content (AvgIpc) is 3.56. The highest BCUT2D eigenvalue weighted by molar-refractivity contribution is 5.75. The Labute approximate surface area is 208 Å². The number of urea groups is 1. The second-order valence-corrected chi connectivity index (χ2v) is 8.80. The molecule has 0 bridgehead atoms. The fourth-order valence-corrected chi connectivity index (χ4v) is 4.03. The average molecular weight is 488 g/mol. The third kappa shape index (κ3) is 5.27. The summed E-state index contributed by atoms with van der Waals surface area (Å²) in [4.78, 5) is 30.5. The van der Waals surface area contributed by atoms with Gasteiger partial charge in [-0.1, -0.05) is 6.07 Å². The van der Waals surface area contributed by atoms with Crippen LogP contribution in [0.5, 0.6) is 0 Å². The smallest absolute Gasteiger partial charge is 0.317 e. The molecular weight excluding hydrogens is 458 g/mol. The topological polar surface area (TPSA) is 133 Å². The van der Waals surface area contributed by atoms with Crippen molar-refractivity contribution in [2.45, 2.75) is 26.8 Å². The number of nitrogens with one attached hydrogen (secondary N) is 3. The third-order valence-electron chi connectivity index (χ3n) is 6.00. The van der Waals surface area contributed by atoms with E-state index in [-0.39, 0.29) is 12.1 Å². The number of pyridine rings is 1. The number of carbonyl (C=O) groups excluding carboxylic acids is 1. The maximum atomic E-state index is 12.9. The van der Waals surface area contributed by atoms with Crippen LogP contribution in [0.3, 0.4) is 0 Å². The third-order valence-corrected chi connectivity index (χ3v) is 6.00. The summed E-state index contributed by atoms with van der Waals surface area (Å²) in [7, 11) is 0. The van der Waals surface area contributed by atoms with Gasteiger partial charge in [0.1, 0.15) is 5.82 Å². The van der Waals surface area contributed by atoms with E-state index in [0.29, 0.717) is 43.8 Å². The van der Waals surface area contributed by atoms with Gasteiger partial charge in [0.2, 0.25) is 5.95 Å². The molecule has 186 valence electrons. The number of hydrogen-bond acceptors (Lipinski definition) is 8. The van der Waals surface area contributed by atoms with Gasteiger partial charge in [0, 0.05) is 68.3 Å². The molecule has 0 spiro atoms. The number of nitrogens with zero attached hydrogens (tertiary/aromatic N) is 8. The highest BCUT2D eigenvalue weighted by atomic mass is 16.2. The normalized spacial score (nSPS) is 14.5. The summed E-state index contributed by atoms with van der Waals surface area (Å²) in [5.74, 6) is 2.76. The van der Waals surface area contributed by atoms with Crippen molar-refractivity contribution < 1.29 is 4.79 Å². The lowest BCUT2D eigenvalue weighted by atomic mass is 10.1. The Kier molecular flexibility index (Phi) is 6.48. The minimum atomic E-state index is -0.172. The van der Waals surface area contributed by atoms with E-state index in [1.54, 1.807) is 17.1 Å². The molecule has 1 saturated heterocycles. The van der Waals surface area contributed by atoms with Crippen molar-refractivity contribution in [1.82, 2.24) is 45.1 Å². The highest BCUT2D eigenvalue weighted by Crippen LogP contribution is 2.19. The van der Waals surface area contributed by atoms with Gasteiger partial charge in [-0.15, -0.1) is 0 Å². The lowest BCUT2D eigenvalue weighted by Gasteiger charge is -2.35. The molecule has 5 rings (SSSR count). The molecule has 4 aromatic heterocycles. The number of anilines is 3. The van der Waals surface area contributed by atoms with E-state index in [1.165, 1.54) is 0 Å². The predicted molar refractivity (Wildman–Crippen MR) is 135 cm³/mol. The molecule has 5 heterocycles. The molecule has 2 amide bonds. The Balaban J connectivity index is 1.16. The fourth-order valence-electron chi connectivity index (χ4n) is 4.03. The van der Waals surface area contributed by atoms with Gasteiger partial charge in [-0.05, 0) is 38.5 Å². The van der Waals surface area contributed by atoms with Gasteiger partial charge >= 0.3 is 6.03 Å². The zero-order valence-corrected chi connectivity index (χ0v) is 20.5. The number of hydrogen-bond donors (Lipinski definition) is 3. The van der Waals surface area contributed by atoms with Crippen LogP contribution in [0.2, 0.25) is 0 Å². The van der Waals surface area contributed by atoms with Gasteiger partial charge in [-0.25, -0.2) is 19.4 Å². The minimum absolute atomic E-state index is 0.0975. The molecule has 1 fully saturated rings. The largest absolute Gasteiger partial charge is 0.337 e. The molecule has 12 heteroatoms. The van der Waals surface area contributed by atoms with Crippen LogP contribution in [0.4, 0.5) is 22.4 Å². The van der Waals surface area contributed by atoms with Gasteiger partial charge in [0.05, 0.1) is 6.04 Å². The Hall–Kier alpha value is -4.48. The molecule has 3 N–H and O–H groups in total. The predicted octanol–water partition coefficient (Wildman–Crippen LogP) is 2.73. The molecule has 12 nitrogen and oxygen atoms in total. The molecule has 0 saturated carbocycles. The summed E-state index contributed by atoms with van der Waals surface area (Å²) in [6, 6.07) is 9.23. The number of amides is 2. The van der Waals surface area contributed by atoms with E-state index in [4.69, 9.17) is 0 Å². The lowest BCUT2D eigenvalue weighted by molar-refractivity contribution is 0.191. The Morgan fingerprint density at radius 3 is 2.58 bits per heavy atom. The molecule has 1 aliphatic heterocycles. The van der Waals surface area contributed by atoms with Crippen molar-refractivity contribution >= 4 is 23.6 Å². The number of aromatic nitrogens is 7. The Bertz CT molecular complexity index is 1310. The SMILES string of the molecule is Cc1cc(Nc2cc(C)[nH]n2)nc(N2CCN(C(=O)N[C@@H](C)c3ccc(-n4cccn4)nc3)CC2)n1. The summed E-state index contributed by atoms with van der Waals surface area (Å²) in [6.45, 7) is 8.28. The molecule has 0 aliphatic carbocycles. The first-order valence-corrected chi connectivity index (χ1v) is 11.9. The summed E-state index contributed by atoms with van der Waals surface area (Å²) in [5, 5.41) is 17.6. The van der Waals surface area contributed by atoms with E-state index in [2.05, 4.69) is 45.8 Å². The molecule has 1 aliphatic rings. The van der Waals surface area contributed by atoms with E-state index in [0.717, 1.165) is 22.8 Å². The van der Waals surface area contributed by atoms with E-state index in [1.807, 2.05) is 62.2 Å². The van der Waals surface area contributed by atoms with E-state index in [9.17, 15) is 4.79 Å². The Morgan fingerprint density at radius 2 is 1.92 bits per heavy atom. The second-order valence-electron chi connectivity index (χ2n) is 8.80. The molecule has 36 heavy (non-hydrogen) atoms. The molecule has 4 aromatic rings. The van der Waals surface area contributed by atoms with Crippen LogP contribution in [0.1, 0.15) is 29.9 Å². The number of rotatable bonds is 6. The summed E-state index contributed by atoms with van der Waals surface area (Å²) in [5.41, 5.74) is 2.75. The van der Waals surface area contributed by atoms with Crippen molar-refractivity contribution in [2.75, 3.05) is 36.4 Å². The van der Waals surface area contributed by atoms with Crippen molar-refractivity contribution in [2.24, 2.45) is 0 Å². The van der Waals surface area contributed by atoms with E-state index >= 15 is 0 Å². The standard InChI is InChI=1S/C24H29N11O/c1-16-13-20(29-21-14-17(2)31-32-21)30-23(27-16)33-9-11-34(12-10-33)24(36)28-18(3)19-5-6-22(25-15-19)35-8-4-7-26-35/h4-8,13-15,18H,9-12H2,1-3H3,(H,28,36)(H2,27,29,30,31,32)/t18-/m0/s1. The van der Waals surface area contributed by atoms with Crippen molar-refractivity contribution in [3.05, 3.63) is 65.9 Å². The highest BCUT2D eigenvalue weighted by Gasteiger charge is 2.24. The molecular formula is C24H29N11O. The van der Waals surface area contributed by atoms with Crippen molar-refractivity contribution in [1.29, 1.82) is 0 Å². The Morgan fingerprint density at radius 1 is 1.08 bits per heavy atom. The fraction of sp³-hybridized carbons (Fsp3) is 0.333. The minimum Gasteiger partial charge on any atom is -0.337 e. The van der Waals surface area contributed by atoms with E-state index < -0.39 is 0 Å². The summed E-state index contributed by atoms with van der Waals surface area (Å²) >= 11 is 0. The van der Waals surface area contributed by atoms with Gasteiger partial charge in [-0.3, -0.25) is 5.10 Å². The molecule has 0 unspecified atom stereocenters. The zero-order valence-electron chi connectivity index (χ0n) is 20.5. The van der Waals surface area contributed by atoms with Gasteiger partial charge < -0.3 is 20.4 Å². The zero-order chi connectivity index (χ0) is 25.1. The lowest BCUT2D eigenvalue weighted by Crippen LogP contribution is -2.52. The second kappa shape index (κ2) is 10.0. The molecule has 1 atom stereocenters. The van der Waals surface area contributed by atoms with Crippen molar-refractivity contribution in [3.8, 4) is 5.82 Å². The number of aromatic amines is 1. The maximum absolute atomic E-state index is 12.9.